The number of hydrogen-bond donors (Lipinski definition) is 1. The van der Waals surface area contributed by atoms with Crippen molar-refractivity contribution in [2.24, 2.45) is 0 Å². The first kappa shape index (κ1) is 14.7. The van der Waals surface area contributed by atoms with Crippen molar-refractivity contribution in [1.29, 1.82) is 0 Å². The van der Waals surface area contributed by atoms with Gasteiger partial charge in [0.25, 0.3) is 0 Å². The number of thioether (sulfide) groups is 1. The van der Waals surface area contributed by atoms with Gasteiger partial charge in [0.2, 0.25) is 0 Å². The van der Waals surface area contributed by atoms with Crippen molar-refractivity contribution in [2.45, 2.75) is 24.3 Å². The Labute approximate surface area is 131 Å². The first-order chi connectivity index (χ1) is 10.0. The lowest BCUT2D eigenvalue weighted by Crippen LogP contribution is -2.17. The summed E-state index contributed by atoms with van der Waals surface area (Å²) in [6, 6.07) is 8.09. The molecule has 5 heteroatoms. The zero-order valence-electron chi connectivity index (χ0n) is 11.4. The highest BCUT2D eigenvalue weighted by Gasteiger charge is 2.22. The van der Waals surface area contributed by atoms with Gasteiger partial charge in [-0.2, -0.15) is 0 Å². The largest absolute Gasteiger partial charge is 0.376 e. The van der Waals surface area contributed by atoms with Gasteiger partial charge in [-0.25, -0.2) is 8.78 Å². The molecule has 0 amide bonds. The molecule has 110 valence electrons. The summed E-state index contributed by atoms with van der Waals surface area (Å²) < 4.78 is 27.6. The van der Waals surface area contributed by atoms with Gasteiger partial charge in [-0.3, -0.25) is 0 Å². The number of nitrogens with one attached hydrogen (secondary N) is 1. The van der Waals surface area contributed by atoms with E-state index in [2.05, 4.69) is 5.32 Å². The molecule has 1 nitrogen and oxygen atoms in total. The number of fused-ring (bicyclic) bond motifs is 1. The van der Waals surface area contributed by atoms with Crippen LogP contribution in [0.3, 0.4) is 0 Å². The molecule has 2 aromatic carbocycles. The average Bonchev–Trinajstić information content (AvgIpc) is 2.45. The summed E-state index contributed by atoms with van der Waals surface area (Å²) in [4.78, 5) is 1.14. The Kier molecular flexibility index (Phi) is 4.09. The number of halogens is 3. The van der Waals surface area contributed by atoms with Crippen LogP contribution in [0.25, 0.3) is 0 Å². The Balaban J connectivity index is 1.93. The minimum atomic E-state index is -0.435. The van der Waals surface area contributed by atoms with E-state index < -0.39 is 11.6 Å². The van der Waals surface area contributed by atoms with Crippen LogP contribution in [-0.4, -0.2) is 5.75 Å². The van der Waals surface area contributed by atoms with Crippen LogP contribution >= 0.6 is 23.4 Å². The lowest BCUT2D eigenvalue weighted by molar-refractivity contribution is 0.590. The predicted molar refractivity (Wildman–Crippen MR) is 84.3 cm³/mol. The maximum atomic E-state index is 14.0. The minimum absolute atomic E-state index is 0.0587. The number of benzene rings is 2. The lowest BCUT2D eigenvalue weighted by atomic mass is 10.0. The summed E-state index contributed by atoms with van der Waals surface area (Å²) in [6.45, 7) is 1.55. The summed E-state index contributed by atoms with van der Waals surface area (Å²) in [5.74, 6) is 0.0912. The molecule has 0 spiro atoms. The van der Waals surface area contributed by atoms with Gasteiger partial charge in [0.1, 0.15) is 11.6 Å². The van der Waals surface area contributed by atoms with Gasteiger partial charge in [0, 0.05) is 21.7 Å². The summed E-state index contributed by atoms with van der Waals surface area (Å²) in [5, 5.41) is 3.77. The molecule has 3 rings (SSSR count). The van der Waals surface area contributed by atoms with E-state index in [-0.39, 0.29) is 11.7 Å². The molecule has 1 atom stereocenters. The van der Waals surface area contributed by atoms with E-state index in [0.717, 1.165) is 22.6 Å². The highest BCUT2D eigenvalue weighted by atomic mass is 35.5. The van der Waals surface area contributed by atoms with Gasteiger partial charge in [-0.1, -0.05) is 11.6 Å². The second-order valence-corrected chi connectivity index (χ2v) is 6.67. The van der Waals surface area contributed by atoms with Crippen LogP contribution in [0.4, 0.5) is 14.5 Å². The third-order valence-electron chi connectivity index (χ3n) is 3.59. The molecule has 0 saturated carbocycles. The van der Waals surface area contributed by atoms with E-state index in [1.807, 2.05) is 18.2 Å². The van der Waals surface area contributed by atoms with E-state index >= 15 is 0 Å². The Morgan fingerprint density at radius 2 is 2.00 bits per heavy atom. The fourth-order valence-corrected chi connectivity index (χ4v) is 3.75. The molecule has 1 aliphatic rings. The molecule has 0 fully saturated rings. The van der Waals surface area contributed by atoms with Crippen LogP contribution in [0.1, 0.15) is 23.6 Å². The third-order valence-corrected chi connectivity index (χ3v) is 4.95. The topological polar surface area (TPSA) is 12.0 Å². The molecule has 1 heterocycles. The normalized spacial score (nSPS) is 17.4. The highest BCUT2D eigenvalue weighted by molar-refractivity contribution is 7.99. The molecule has 2 aromatic rings. The Bertz CT molecular complexity index is 690. The van der Waals surface area contributed by atoms with Gasteiger partial charge in [-0.15, -0.1) is 11.8 Å². The fraction of sp³-hybridized carbons (Fsp3) is 0.250. The monoisotopic (exact) mass is 325 g/mol. The number of hydrogen-bond acceptors (Lipinski definition) is 2. The standard InChI is InChI=1S/C16H14ClF2NS/c1-9-6-13(19)15(8-12(9)18)20-14-4-5-21-16-3-2-10(17)7-11(14)16/h2-3,6-8,14,20H,4-5H2,1H3. The Morgan fingerprint density at radius 3 is 2.81 bits per heavy atom. The van der Waals surface area contributed by atoms with E-state index in [0.29, 0.717) is 10.6 Å². The zero-order valence-corrected chi connectivity index (χ0v) is 13.0. The fourth-order valence-electron chi connectivity index (χ4n) is 2.46. The van der Waals surface area contributed by atoms with Crippen LogP contribution < -0.4 is 5.32 Å². The van der Waals surface area contributed by atoms with Gasteiger partial charge < -0.3 is 5.32 Å². The third kappa shape index (κ3) is 3.01. The predicted octanol–water partition coefficient (Wildman–Crippen LogP) is 5.58. The summed E-state index contributed by atoms with van der Waals surface area (Å²) in [7, 11) is 0. The molecule has 0 aromatic heterocycles. The average molecular weight is 326 g/mol. The maximum Gasteiger partial charge on any atom is 0.146 e. The Morgan fingerprint density at radius 1 is 1.19 bits per heavy atom. The molecule has 0 bridgehead atoms. The molecule has 21 heavy (non-hydrogen) atoms. The van der Waals surface area contributed by atoms with E-state index in [1.165, 1.54) is 12.1 Å². The second kappa shape index (κ2) is 5.85. The lowest BCUT2D eigenvalue weighted by Gasteiger charge is -2.27. The molecule has 1 N–H and O–H groups in total. The molecule has 0 radical (unpaired) electrons. The molecule has 1 unspecified atom stereocenters. The van der Waals surface area contributed by atoms with E-state index in [1.54, 1.807) is 18.7 Å². The quantitative estimate of drug-likeness (QED) is 0.774. The van der Waals surface area contributed by atoms with Crippen molar-refractivity contribution >= 4 is 29.1 Å². The minimum Gasteiger partial charge on any atom is -0.376 e. The smallest absolute Gasteiger partial charge is 0.146 e. The van der Waals surface area contributed by atoms with Crippen molar-refractivity contribution in [1.82, 2.24) is 0 Å². The van der Waals surface area contributed by atoms with Crippen LogP contribution in [-0.2, 0) is 0 Å². The zero-order chi connectivity index (χ0) is 15.0. The van der Waals surface area contributed by atoms with Crippen molar-refractivity contribution in [2.75, 3.05) is 11.1 Å². The van der Waals surface area contributed by atoms with Gasteiger partial charge >= 0.3 is 0 Å². The van der Waals surface area contributed by atoms with E-state index in [4.69, 9.17) is 11.6 Å². The first-order valence-corrected chi connectivity index (χ1v) is 8.05. The van der Waals surface area contributed by atoms with Crippen LogP contribution in [0.15, 0.2) is 35.2 Å². The van der Waals surface area contributed by atoms with Crippen LogP contribution in [0, 0.1) is 18.6 Å². The summed E-state index contributed by atoms with van der Waals surface area (Å²) >= 11 is 7.81. The van der Waals surface area contributed by atoms with Crippen molar-refractivity contribution in [3.05, 3.63) is 58.1 Å². The number of rotatable bonds is 2. The van der Waals surface area contributed by atoms with Crippen molar-refractivity contribution < 1.29 is 8.78 Å². The first-order valence-electron chi connectivity index (χ1n) is 6.69. The second-order valence-electron chi connectivity index (χ2n) is 5.10. The summed E-state index contributed by atoms with van der Waals surface area (Å²) in [5.41, 5.74) is 1.54. The molecular weight excluding hydrogens is 312 g/mol. The van der Waals surface area contributed by atoms with Crippen molar-refractivity contribution in [3.63, 3.8) is 0 Å². The molecule has 1 aliphatic heterocycles. The molecule has 0 saturated heterocycles. The van der Waals surface area contributed by atoms with E-state index in [9.17, 15) is 8.78 Å². The Hall–Kier alpha value is -1.26. The SMILES string of the molecule is Cc1cc(F)c(NC2CCSc3ccc(Cl)cc32)cc1F. The van der Waals surface area contributed by atoms with Crippen LogP contribution in [0.2, 0.25) is 5.02 Å². The highest BCUT2D eigenvalue weighted by Crippen LogP contribution is 2.39. The number of aryl methyl sites for hydroxylation is 1. The number of anilines is 1. The van der Waals surface area contributed by atoms with Gasteiger partial charge in [-0.05, 0) is 48.7 Å². The molecular formula is C16H14ClF2NS. The van der Waals surface area contributed by atoms with Crippen LogP contribution in [0.5, 0.6) is 0 Å². The summed E-state index contributed by atoms with van der Waals surface area (Å²) in [6.07, 6.45) is 0.840. The van der Waals surface area contributed by atoms with Gasteiger partial charge in [0.15, 0.2) is 0 Å². The molecule has 0 aliphatic carbocycles. The van der Waals surface area contributed by atoms with Gasteiger partial charge in [0.05, 0.1) is 11.7 Å². The maximum absolute atomic E-state index is 14.0. The van der Waals surface area contributed by atoms with Crippen molar-refractivity contribution in [3.8, 4) is 0 Å².